The van der Waals surface area contributed by atoms with Gasteiger partial charge in [0.25, 0.3) is 0 Å². The van der Waals surface area contributed by atoms with Gasteiger partial charge in [-0.05, 0) is 38.8 Å². The summed E-state index contributed by atoms with van der Waals surface area (Å²) < 4.78 is 0. The molecule has 0 aliphatic heterocycles. The van der Waals surface area contributed by atoms with Crippen LogP contribution in [0.25, 0.3) is 0 Å². The van der Waals surface area contributed by atoms with Crippen molar-refractivity contribution in [1.82, 2.24) is 10.6 Å². The lowest BCUT2D eigenvalue weighted by Crippen LogP contribution is -2.37. The van der Waals surface area contributed by atoms with E-state index in [1.54, 1.807) is 38.1 Å². The minimum absolute atomic E-state index is 0.0861. The highest BCUT2D eigenvalue weighted by Gasteiger charge is 2.26. The average molecular weight is 416 g/mol. The van der Waals surface area contributed by atoms with Crippen molar-refractivity contribution >= 4 is 11.9 Å². The smallest absolute Gasteiger partial charge is 0.325 e. The molecule has 0 saturated heterocycles. The number of benzene rings is 2. The van der Waals surface area contributed by atoms with Crippen LogP contribution in [0.4, 0.5) is 0 Å². The number of hydrogen-bond donors (Lipinski definition) is 6. The minimum Gasteiger partial charge on any atom is -0.507 e. The van der Waals surface area contributed by atoms with Gasteiger partial charge in [-0.1, -0.05) is 35.4 Å². The molecule has 2 unspecified atom stereocenters. The maximum atomic E-state index is 11.7. The first-order valence-corrected chi connectivity index (χ1v) is 9.55. The fraction of sp³-hybridized carbons (Fsp3) is 0.364. The van der Waals surface area contributed by atoms with Crippen molar-refractivity contribution in [2.24, 2.45) is 0 Å². The first kappa shape index (κ1) is 23.2. The third-order valence-electron chi connectivity index (χ3n) is 4.89. The van der Waals surface area contributed by atoms with Gasteiger partial charge < -0.3 is 20.4 Å². The van der Waals surface area contributed by atoms with E-state index >= 15 is 0 Å². The highest BCUT2D eigenvalue weighted by Crippen LogP contribution is 2.30. The monoisotopic (exact) mass is 416 g/mol. The molecule has 0 heterocycles. The summed E-state index contributed by atoms with van der Waals surface area (Å²) >= 11 is 0. The Balaban J connectivity index is 2.12. The predicted molar refractivity (Wildman–Crippen MR) is 112 cm³/mol. The Bertz CT molecular complexity index is 880. The number of carboxylic acid groups (broad SMARTS) is 2. The van der Waals surface area contributed by atoms with E-state index in [1.807, 2.05) is 13.8 Å². The molecule has 6 N–H and O–H groups in total. The van der Waals surface area contributed by atoms with Gasteiger partial charge in [-0.25, -0.2) is 0 Å². The maximum absolute atomic E-state index is 11.7. The van der Waals surface area contributed by atoms with E-state index < -0.39 is 24.0 Å². The number of aliphatic carboxylic acids is 2. The molecule has 2 aromatic rings. The van der Waals surface area contributed by atoms with Gasteiger partial charge in [0.2, 0.25) is 0 Å². The minimum atomic E-state index is -1.16. The van der Waals surface area contributed by atoms with Crippen LogP contribution in [-0.4, -0.2) is 45.5 Å². The number of aromatic hydroxyl groups is 2. The topological polar surface area (TPSA) is 139 Å². The third-order valence-corrected chi connectivity index (χ3v) is 4.89. The van der Waals surface area contributed by atoms with Crippen LogP contribution >= 0.6 is 0 Å². The number of carbonyl (C=O) groups is 2. The van der Waals surface area contributed by atoms with Gasteiger partial charge in [0.15, 0.2) is 0 Å². The molecule has 0 saturated carbocycles. The van der Waals surface area contributed by atoms with Gasteiger partial charge in [-0.15, -0.1) is 0 Å². The second kappa shape index (κ2) is 9.60. The molecular formula is C22H28N2O6. The lowest BCUT2D eigenvalue weighted by Gasteiger charge is -2.20. The SMILES string of the molecule is Cc1cc(C)c(O)c(C(NCCNC(C(=O)O)c2cc(C)cc(C)c2O)C(=O)O)c1. The second-order valence-corrected chi connectivity index (χ2v) is 7.49. The number of phenolic OH excluding ortho intramolecular Hbond substituents is 2. The molecule has 0 spiro atoms. The fourth-order valence-corrected chi connectivity index (χ4v) is 3.52. The van der Waals surface area contributed by atoms with Gasteiger partial charge in [0, 0.05) is 24.2 Å². The summed E-state index contributed by atoms with van der Waals surface area (Å²) in [6, 6.07) is 4.43. The van der Waals surface area contributed by atoms with Crippen LogP contribution in [0.5, 0.6) is 11.5 Å². The predicted octanol–water partition coefficient (Wildman–Crippen LogP) is 2.46. The molecule has 0 aliphatic rings. The molecule has 30 heavy (non-hydrogen) atoms. The normalized spacial score (nSPS) is 13.1. The van der Waals surface area contributed by atoms with E-state index in [0.717, 1.165) is 11.1 Å². The quantitative estimate of drug-likeness (QED) is 0.343. The van der Waals surface area contributed by atoms with Gasteiger partial charge in [-0.3, -0.25) is 20.2 Å². The zero-order valence-corrected chi connectivity index (χ0v) is 17.5. The summed E-state index contributed by atoms with van der Waals surface area (Å²) in [5, 5.41) is 45.4. The zero-order chi connectivity index (χ0) is 22.6. The Morgan fingerprint density at radius 3 is 1.37 bits per heavy atom. The summed E-state index contributed by atoms with van der Waals surface area (Å²) in [5.41, 5.74) is 3.30. The van der Waals surface area contributed by atoms with Crippen molar-refractivity contribution in [3.05, 3.63) is 57.6 Å². The Morgan fingerprint density at radius 1 is 0.733 bits per heavy atom. The lowest BCUT2D eigenvalue weighted by molar-refractivity contribution is -0.141. The summed E-state index contributed by atoms with van der Waals surface area (Å²) in [6.45, 7) is 7.26. The first-order chi connectivity index (χ1) is 14.0. The Labute approximate surface area is 175 Å². The van der Waals surface area contributed by atoms with E-state index in [4.69, 9.17) is 0 Å². The average Bonchev–Trinajstić information content (AvgIpc) is 2.64. The van der Waals surface area contributed by atoms with E-state index in [9.17, 15) is 30.0 Å². The van der Waals surface area contributed by atoms with E-state index in [0.29, 0.717) is 11.1 Å². The molecule has 0 bridgehead atoms. The van der Waals surface area contributed by atoms with Crippen molar-refractivity contribution in [1.29, 1.82) is 0 Å². The lowest BCUT2D eigenvalue weighted by atomic mass is 9.99. The summed E-state index contributed by atoms with van der Waals surface area (Å²) in [5.74, 6) is -2.48. The molecule has 0 aromatic heterocycles. The van der Waals surface area contributed by atoms with E-state index in [2.05, 4.69) is 10.6 Å². The Morgan fingerprint density at radius 2 is 1.07 bits per heavy atom. The Hall–Kier alpha value is -3.10. The van der Waals surface area contributed by atoms with Crippen LogP contribution in [0.15, 0.2) is 24.3 Å². The van der Waals surface area contributed by atoms with Crippen molar-refractivity contribution in [3.63, 3.8) is 0 Å². The van der Waals surface area contributed by atoms with Crippen LogP contribution in [0, 0.1) is 27.7 Å². The Kier molecular flexibility index (Phi) is 7.42. The molecule has 2 atom stereocenters. The summed E-state index contributed by atoms with van der Waals surface area (Å²) in [6.07, 6.45) is 0. The number of rotatable bonds is 9. The molecule has 0 fully saturated rings. The molecule has 0 amide bonds. The van der Waals surface area contributed by atoms with E-state index in [1.165, 1.54) is 0 Å². The van der Waals surface area contributed by atoms with Gasteiger partial charge in [0.1, 0.15) is 23.6 Å². The van der Waals surface area contributed by atoms with Crippen LogP contribution in [0.1, 0.15) is 45.5 Å². The second-order valence-electron chi connectivity index (χ2n) is 7.49. The molecule has 2 rings (SSSR count). The number of carboxylic acids is 2. The maximum Gasteiger partial charge on any atom is 0.325 e. The fourth-order valence-electron chi connectivity index (χ4n) is 3.52. The zero-order valence-electron chi connectivity index (χ0n) is 17.5. The van der Waals surface area contributed by atoms with Crippen molar-refractivity contribution < 1.29 is 30.0 Å². The molecule has 2 aromatic carbocycles. The number of hydrogen-bond acceptors (Lipinski definition) is 6. The summed E-state index contributed by atoms with van der Waals surface area (Å²) in [4.78, 5) is 23.5. The third kappa shape index (κ3) is 5.28. The summed E-state index contributed by atoms with van der Waals surface area (Å²) in [7, 11) is 0. The molecule has 8 heteroatoms. The van der Waals surface area contributed by atoms with Crippen LogP contribution in [0.2, 0.25) is 0 Å². The highest BCUT2D eigenvalue weighted by molar-refractivity contribution is 5.78. The van der Waals surface area contributed by atoms with Crippen LogP contribution in [0.3, 0.4) is 0 Å². The highest BCUT2D eigenvalue weighted by atomic mass is 16.4. The van der Waals surface area contributed by atoms with Gasteiger partial charge >= 0.3 is 11.9 Å². The molecule has 0 aliphatic carbocycles. The number of nitrogens with one attached hydrogen (secondary N) is 2. The van der Waals surface area contributed by atoms with E-state index in [-0.39, 0.29) is 35.7 Å². The molecular weight excluding hydrogens is 388 g/mol. The van der Waals surface area contributed by atoms with Crippen molar-refractivity contribution in [2.45, 2.75) is 39.8 Å². The van der Waals surface area contributed by atoms with Crippen LogP contribution < -0.4 is 10.6 Å². The van der Waals surface area contributed by atoms with Crippen molar-refractivity contribution in [3.8, 4) is 11.5 Å². The largest absolute Gasteiger partial charge is 0.507 e. The van der Waals surface area contributed by atoms with Crippen LogP contribution in [-0.2, 0) is 9.59 Å². The standard InChI is InChI=1S/C22H28N2O6/c1-11-7-13(3)19(25)15(9-11)17(21(27)28)23-5-6-24-18(22(29)30)16-10-12(2)8-14(4)20(16)26/h7-10,17-18,23-26H,5-6H2,1-4H3,(H,27,28)(H,29,30). The first-order valence-electron chi connectivity index (χ1n) is 9.55. The molecule has 0 radical (unpaired) electrons. The van der Waals surface area contributed by atoms with Gasteiger partial charge in [0.05, 0.1) is 0 Å². The molecule has 162 valence electrons. The number of phenols is 2. The van der Waals surface area contributed by atoms with Crippen molar-refractivity contribution in [2.75, 3.05) is 13.1 Å². The van der Waals surface area contributed by atoms with Gasteiger partial charge in [-0.2, -0.15) is 0 Å². The number of aryl methyl sites for hydroxylation is 4. The molecule has 8 nitrogen and oxygen atoms in total.